The summed E-state index contributed by atoms with van der Waals surface area (Å²) >= 11 is 0. The summed E-state index contributed by atoms with van der Waals surface area (Å²) in [5, 5.41) is 3.64. The van der Waals surface area contributed by atoms with Crippen LogP contribution in [0, 0.1) is 0 Å². The van der Waals surface area contributed by atoms with E-state index in [1.54, 1.807) is 7.11 Å². The minimum Gasteiger partial charge on any atom is -0.490 e. The van der Waals surface area contributed by atoms with E-state index in [1.165, 1.54) is 5.56 Å². The molecule has 1 N–H and O–H groups in total. The van der Waals surface area contributed by atoms with Crippen LogP contribution < -0.4 is 15.0 Å². The number of nitrogens with one attached hydrogen (secondary N) is 1. The molecule has 1 amide bonds. The van der Waals surface area contributed by atoms with Crippen molar-refractivity contribution in [3.8, 4) is 5.75 Å². The summed E-state index contributed by atoms with van der Waals surface area (Å²) in [5.41, 5.74) is 4.62. The Morgan fingerprint density at radius 3 is 2.60 bits per heavy atom. The molecule has 2 aliphatic heterocycles. The zero-order valence-electron chi connectivity index (χ0n) is 28.1. The zero-order chi connectivity index (χ0) is 32.0. The third-order valence-electron chi connectivity index (χ3n) is 8.84. The van der Waals surface area contributed by atoms with Gasteiger partial charge in [0.15, 0.2) is 0 Å². The van der Waals surface area contributed by atoms with Crippen LogP contribution in [0.15, 0.2) is 42.5 Å². The maximum absolute atomic E-state index is 13.0. The Balaban J connectivity index is 1.44. The van der Waals surface area contributed by atoms with E-state index < -0.39 is 0 Å². The van der Waals surface area contributed by atoms with Crippen molar-refractivity contribution in [2.24, 2.45) is 0 Å². The Labute approximate surface area is 270 Å². The van der Waals surface area contributed by atoms with Gasteiger partial charge >= 0.3 is 0 Å². The van der Waals surface area contributed by atoms with E-state index in [-0.39, 0.29) is 30.1 Å². The van der Waals surface area contributed by atoms with Crippen molar-refractivity contribution in [2.45, 2.75) is 84.3 Å². The second-order valence-electron chi connectivity index (χ2n) is 12.1. The second kappa shape index (κ2) is 18.5. The molecule has 0 aliphatic carbocycles. The van der Waals surface area contributed by atoms with Gasteiger partial charge in [-0.1, -0.05) is 30.3 Å². The number of hydrogen-bond donors (Lipinski definition) is 1. The molecule has 0 radical (unpaired) electrons. The summed E-state index contributed by atoms with van der Waals surface area (Å²) in [6.45, 7) is 15.8. The number of fused-ring (bicyclic) bond motifs is 1. The number of hydrogen-bond acceptors (Lipinski definition) is 8. The van der Waals surface area contributed by atoms with E-state index in [9.17, 15) is 4.79 Å². The number of carbonyl (C=O) groups is 1. The molecule has 2 aliphatic rings. The van der Waals surface area contributed by atoms with E-state index in [0.29, 0.717) is 46.0 Å². The monoisotopic (exact) mass is 625 g/mol. The maximum Gasteiger partial charge on any atom is 0.224 e. The van der Waals surface area contributed by atoms with Crippen molar-refractivity contribution < 1.29 is 28.5 Å². The first-order valence-electron chi connectivity index (χ1n) is 16.9. The smallest absolute Gasteiger partial charge is 0.224 e. The Hall–Kier alpha value is -2.69. The highest BCUT2D eigenvalue weighted by Crippen LogP contribution is 2.35. The number of carbonyl (C=O) groups excluding carboxylic acids is 1. The lowest BCUT2D eigenvalue weighted by Gasteiger charge is -2.38. The van der Waals surface area contributed by atoms with Gasteiger partial charge in [-0.15, -0.1) is 0 Å². The van der Waals surface area contributed by atoms with Crippen LogP contribution in [-0.2, 0) is 37.0 Å². The summed E-state index contributed by atoms with van der Waals surface area (Å²) in [5.74, 6) is 1.30. The summed E-state index contributed by atoms with van der Waals surface area (Å²) in [6.07, 6.45) is 2.37. The number of amides is 1. The Morgan fingerprint density at radius 2 is 1.87 bits per heavy atom. The first-order valence-corrected chi connectivity index (χ1v) is 16.9. The average molecular weight is 626 g/mol. The van der Waals surface area contributed by atoms with E-state index in [4.69, 9.17) is 23.7 Å². The number of anilines is 1. The van der Waals surface area contributed by atoms with Gasteiger partial charge in [-0.05, 0) is 69.4 Å². The third-order valence-corrected chi connectivity index (χ3v) is 8.84. The van der Waals surface area contributed by atoms with E-state index >= 15 is 0 Å². The van der Waals surface area contributed by atoms with E-state index in [1.807, 2.05) is 32.6 Å². The number of nitrogens with zero attached hydrogens (tertiary/aromatic N) is 2. The van der Waals surface area contributed by atoms with Gasteiger partial charge in [-0.3, -0.25) is 4.79 Å². The molecule has 9 heteroatoms. The lowest BCUT2D eigenvalue weighted by molar-refractivity contribution is -0.131. The quantitative estimate of drug-likeness (QED) is 0.228. The molecular formula is C36H55N3O6. The third kappa shape index (κ3) is 10.4. The molecule has 2 aromatic carbocycles. The number of rotatable bonds is 18. The summed E-state index contributed by atoms with van der Waals surface area (Å²) in [4.78, 5) is 17.3. The fourth-order valence-electron chi connectivity index (χ4n) is 6.34. The lowest BCUT2D eigenvalue weighted by atomic mass is 9.83. The van der Waals surface area contributed by atoms with Gasteiger partial charge in [0, 0.05) is 64.9 Å². The molecule has 4 atom stereocenters. The standard InChI is InChI=1S/C36H55N3O6/c1-6-38(7-2)36(40)22-31-21-32(30-13-10-28(11-14-30)25-42-24-27(4)43-8-3)35(23-37-31)45-26-29-12-15-34-33(20-29)39(17-19-44-34)16-9-18-41-5/h10-15,20,27,31-32,35,37H,6-9,16-19,21-26H2,1-5H3/t27-,31-,32-,35+/m1/s1. The van der Waals surface area contributed by atoms with Crippen molar-refractivity contribution in [1.82, 2.24) is 10.2 Å². The van der Waals surface area contributed by atoms with Crippen molar-refractivity contribution in [3.63, 3.8) is 0 Å². The van der Waals surface area contributed by atoms with Gasteiger partial charge in [0.2, 0.25) is 5.91 Å². The summed E-state index contributed by atoms with van der Waals surface area (Å²) < 4.78 is 29.4. The fraction of sp³-hybridized carbons (Fsp3) is 0.639. The van der Waals surface area contributed by atoms with Crippen molar-refractivity contribution in [3.05, 3.63) is 59.2 Å². The molecule has 0 spiro atoms. The molecule has 1 fully saturated rings. The molecule has 0 bridgehead atoms. The largest absolute Gasteiger partial charge is 0.490 e. The van der Waals surface area contributed by atoms with Crippen LogP contribution in [0.2, 0.25) is 0 Å². The minimum atomic E-state index is -0.0240. The van der Waals surface area contributed by atoms with Crippen LogP contribution in [0.5, 0.6) is 5.75 Å². The fourth-order valence-corrected chi connectivity index (χ4v) is 6.34. The SMILES string of the molecule is CCO[C@H](C)COCc1ccc([C@H]2C[C@H](CC(=O)N(CC)CC)NC[C@@H]2OCc2ccc3c(c2)N(CCCOC)CCO3)cc1. The first kappa shape index (κ1) is 35.2. The van der Waals surface area contributed by atoms with Crippen LogP contribution in [0.3, 0.4) is 0 Å². The van der Waals surface area contributed by atoms with Gasteiger partial charge in [-0.25, -0.2) is 0 Å². The molecule has 2 aromatic rings. The van der Waals surface area contributed by atoms with Crippen LogP contribution >= 0.6 is 0 Å². The van der Waals surface area contributed by atoms with Gasteiger partial charge in [-0.2, -0.15) is 0 Å². The molecule has 0 saturated carbocycles. The van der Waals surface area contributed by atoms with Gasteiger partial charge in [0.1, 0.15) is 12.4 Å². The number of benzene rings is 2. The maximum atomic E-state index is 13.0. The minimum absolute atomic E-state index is 0.0240. The lowest BCUT2D eigenvalue weighted by Crippen LogP contribution is -2.49. The van der Waals surface area contributed by atoms with Crippen LogP contribution in [-0.4, -0.2) is 95.3 Å². The van der Waals surface area contributed by atoms with Gasteiger partial charge < -0.3 is 38.8 Å². The van der Waals surface area contributed by atoms with Crippen molar-refractivity contribution in [1.29, 1.82) is 0 Å². The van der Waals surface area contributed by atoms with Crippen LogP contribution in [0.4, 0.5) is 5.69 Å². The summed E-state index contributed by atoms with van der Waals surface area (Å²) in [7, 11) is 1.75. The highest BCUT2D eigenvalue weighted by Gasteiger charge is 2.33. The topological polar surface area (TPSA) is 81.7 Å². The van der Waals surface area contributed by atoms with Crippen molar-refractivity contribution >= 4 is 11.6 Å². The van der Waals surface area contributed by atoms with E-state index in [0.717, 1.165) is 68.2 Å². The number of ether oxygens (including phenoxy) is 5. The molecule has 2 heterocycles. The Bertz CT molecular complexity index is 1160. The second-order valence-corrected chi connectivity index (χ2v) is 12.1. The number of piperidine rings is 1. The molecule has 250 valence electrons. The molecule has 0 unspecified atom stereocenters. The molecule has 1 saturated heterocycles. The highest BCUT2D eigenvalue weighted by atomic mass is 16.5. The Morgan fingerprint density at radius 1 is 1.09 bits per heavy atom. The predicted octanol–water partition coefficient (Wildman–Crippen LogP) is 5.15. The molecular weight excluding hydrogens is 570 g/mol. The Kier molecular flexibility index (Phi) is 14.4. The van der Waals surface area contributed by atoms with E-state index in [2.05, 4.69) is 52.7 Å². The predicted molar refractivity (Wildman–Crippen MR) is 178 cm³/mol. The number of methoxy groups -OCH3 is 1. The van der Waals surface area contributed by atoms with Crippen LogP contribution in [0.25, 0.3) is 0 Å². The molecule has 9 nitrogen and oxygen atoms in total. The van der Waals surface area contributed by atoms with Crippen LogP contribution in [0.1, 0.15) is 69.6 Å². The molecule has 45 heavy (non-hydrogen) atoms. The molecule has 0 aromatic heterocycles. The normalized spacial score (nSPS) is 20.4. The molecule has 4 rings (SSSR count). The van der Waals surface area contributed by atoms with Crippen molar-refractivity contribution in [2.75, 3.05) is 71.2 Å². The average Bonchev–Trinajstić information content (AvgIpc) is 3.05. The summed E-state index contributed by atoms with van der Waals surface area (Å²) in [6, 6.07) is 15.2. The zero-order valence-corrected chi connectivity index (χ0v) is 28.1. The first-order chi connectivity index (χ1) is 21.9. The van der Waals surface area contributed by atoms with Gasteiger partial charge in [0.05, 0.1) is 44.3 Å². The highest BCUT2D eigenvalue weighted by molar-refractivity contribution is 5.76. The van der Waals surface area contributed by atoms with Gasteiger partial charge in [0.25, 0.3) is 0 Å².